The van der Waals surface area contributed by atoms with Crippen molar-refractivity contribution in [3.8, 4) is 0 Å². The zero-order valence-corrected chi connectivity index (χ0v) is 17.7. The molecule has 1 heterocycles. The van der Waals surface area contributed by atoms with Crippen LogP contribution in [0.15, 0.2) is 23.2 Å². The summed E-state index contributed by atoms with van der Waals surface area (Å²) in [6.45, 7) is 9.16. The van der Waals surface area contributed by atoms with Crippen molar-refractivity contribution in [2.45, 2.75) is 33.1 Å². The molecule has 1 aliphatic carbocycles. The number of hydrogen-bond donors (Lipinski definition) is 3. The van der Waals surface area contributed by atoms with E-state index in [1.54, 1.807) is 0 Å². The lowest BCUT2D eigenvalue weighted by Gasteiger charge is -2.21. The van der Waals surface area contributed by atoms with Gasteiger partial charge in [0.25, 0.3) is 0 Å². The zero-order valence-electron chi connectivity index (χ0n) is 16.9. The van der Waals surface area contributed by atoms with Crippen molar-refractivity contribution in [3.63, 3.8) is 0 Å². The van der Waals surface area contributed by atoms with E-state index in [2.05, 4.69) is 46.8 Å². The van der Waals surface area contributed by atoms with Gasteiger partial charge in [-0.15, -0.1) is 0 Å². The minimum Gasteiger partial charge on any atom is -0.371 e. The molecule has 1 aliphatic heterocycles. The Labute approximate surface area is 173 Å². The molecule has 28 heavy (non-hydrogen) atoms. The molecule has 0 bridgehead atoms. The highest BCUT2D eigenvalue weighted by molar-refractivity contribution is 6.30. The number of guanidine groups is 1. The second kappa shape index (κ2) is 10.0. The van der Waals surface area contributed by atoms with Gasteiger partial charge in [-0.1, -0.05) is 17.7 Å². The van der Waals surface area contributed by atoms with E-state index in [0.717, 1.165) is 56.4 Å². The molecule has 1 amide bonds. The number of nitrogens with one attached hydrogen (secondary N) is 3. The predicted molar refractivity (Wildman–Crippen MR) is 116 cm³/mol. The van der Waals surface area contributed by atoms with E-state index in [0.29, 0.717) is 19.0 Å². The maximum atomic E-state index is 11.7. The van der Waals surface area contributed by atoms with E-state index < -0.39 is 0 Å². The van der Waals surface area contributed by atoms with Gasteiger partial charge in [0.1, 0.15) is 0 Å². The number of benzene rings is 1. The summed E-state index contributed by atoms with van der Waals surface area (Å²) in [7, 11) is 0. The van der Waals surface area contributed by atoms with Crippen LogP contribution in [0.1, 0.15) is 31.7 Å². The SMILES string of the molecule is CCNC(=NCC1CCN(c2cc(Cl)ccc2C)C1)NCCNC(=O)C1CC1. The third-order valence-electron chi connectivity index (χ3n) is 5.31. The molecule has 1 aromatic carbocycles. The zero-order chi connectivity index (χ0) is 19.9. The molecule has 3 rings (SSSR count). The van der Waals surface area contributed by atoms with Crippen LogP contribution in [-0.4, -0.2) is 51.1 Å². The Morgan fingerprint density at radius 1 is 1.21 bits per heavy atom. The van der Waals surface area contributed by atoms with E-state index in [1.807, 2.05) is 6.07 Å². The lowest BCUT2D eigenvalue weighted by atomic mass is 10.1. The normalized spacial score (nSPS) is 19.6. The monoisotopic (exact) mass is 405 g/mol. The highest BCUT2D eigenvalue weighted by Crippen LogP contribution is 2.29. The molecule has 0 spiro atoms. The summed E-state index contributed by atoms with van der Waals surface area (Å²) in [5, 5.41) is 10.4. The molecular weight excluding hydrogens is 374 g/mol. The molecule has 1 unspecified atom stereocenters. The Balaban J connectivity index is 1.45. The van der Waals surface area contributed by atoms with Crippen LogP contribution in [0, 0.1) is 18.8 Å². The number of amides is 1. The maximum Gasteiger partial charge on any atom is 0.223 e. The quantitative estimate of drug-likeness (QED) is 0.353. The number of aryl methyl sites for hydroxylation is 1. The summed E-state index contributed by atoms with van der Waals surface area (Å²) in [5.74, 6) is 1.80. The Hall–Kier alpha value is -1.95. The Bertz CT molecular complexity index is 704. The number of aliphatic imine (C=N–C) groups is 1. The molecule has 1 saturated heterocycles. The molecule has 1 aromatic rings. The van der Waals surface area contributed by atoms with Crippen molar-refractivity contribution in [1.82, 2.24) is 16.0 Å². The van der Waals surface area contributed by atoms with Gasteiger partial charge in [0, 0.05) is 55.9 Å². The summed E-state index contributed by atoms with van der Waals surface area (Å²) < 4.78 is 0. The minimum absolute atomic E-state index is 0.186. The van der Waals surface area contributed by atoms with Crippen LogP contribution in [-0.2, 0) is 4.79 Å². The topological polar surface area (TPSA) is 68.8 Å². The molecule has 0 aromatic heterocycles. The van der Waals surface area contributed by atoms with Gasteiger partial charge in [-0.05, 0) is 56.7 Å². The number of halogens is 1. The first-order valence-corrected chi connectivity index (χ1v) is 10.8. The van der Waals surface area contributed by atoms with Gasteiger partial charge in [-0.3, -0.25) is 9.79 Å². The first kappa shape index (κ1) is 20.8. The molecule has 2 fully saturated rings. The first-order valence-electron chi connectivity index (χ1n) is 10.4. The van der Waals surface area contributed by atoms with Crippen LogP contribution < -0.4 is 20.9 Å². The van der Waals surface area contributed by atoms with E-state index in [1.165, 1.54) is 11.3 Å². The summed E-state index contributed by atoms with van der Waals surface area (Å²) in [5.41, 5.74) is 2.49. The number of hydrogen-bond acceptors (Lipinski definition) is 3. The lowest BCUT2D eigenvalue weighted by molar-refractivity contribution is -0.122. The van der Waals surface area contributed by atoms with Crippen LogP contribution in [0.25, 0.3) is 0 Å². The van der Waals surface area contributed by atoms with Gasteiger partial charge in [0.2, 0.25) is 5.91 Å². The van der Waals surface area contributed by atoms with Gasteiger partial charge in [0.05, 0.1) is 0 Å². The third-order valence-corrected chi connectivity index (χ3v) is 5.55. The molecule has 2 aliphatic rings. The van der Waals surface area contributed by atoms with Crippen LogP contribution in [0.5, 0.6) is 0 Å². The fourth-order valence-corrected chi connectivity index (χ4v) is 3.71. The van der Waals surface area contributed by atoms with Crippen molar-refractivity contribution in [2.75, 3.05) is 44.2 Å². The van der Waals surface area contributed by atoms with Crippen molar-refractivity contribution < 1.29 is 4.79 Å². The standard InChI is InChI=1S/C21H32ClN5O/c1-3-23-21(25-10-9-24-20(28)17-5-6-17)26-13-16-8-11-27(14-16)19-12-18(22)7-4-15(19)2/h4,7,12,16-17H,3,5-6,8-11,13-14H2,1-2H3,(H,24,28)(H2,23,25,26). The van der Waals surface area contributed by atoms with Gasteiger partial charge in [0.15, 0.2) is 5.96 Å². The van der Waals surface area contributed by atoms with E-state index >= 15 is 0 Å². The van der Waals surface area contributed by atoms with Gasteiger partial charge in [-0.2, -0.15) is 0 Å². The van der Waals surface area contributed by atoms with Gasteiger partial charge >= 0.3 is 0 Å². The number of anilines is 1. The average Bonchev–Trinajstić information content (AvgIpc) is 3.43. The summed E-state index contributed by atoms with van der Waals surface area (Å²) >= 11 is 6.18. The van der Waals surface area contributed by atoms with Crippen molar-refractivity contribution >= 4 is 29.2 Å². The largest absolute Gasteiger partial charge is 0.371 e. The van der Waals surface area contributed by atoms with Gasteiger partial charge in [-0.25, -0.2) is 0 Å². The molecule has 7 heteroatoms. The summed E-state index contributed by atoms with van der Waals surface area (Å²) in [4.78, 5) is 18.8. The highest BCUT2D eigenvalue weighted by atomic mass is 35.5. The Morgan fingerprint density at radius 2 is 2.00 bits per heavy atom. The lowest BCUT2D eigenvalue weighted by Crippen LogP contribution is -2.42. The number of nitrogens with zero attached hydrogens (tertiary/aromatic N) is 2. The second-order valence-corrected chi connectivity index (χ2v) is 8.18. The average molecular weight is 406 g/mol. The fraction of sp³-hybridized carbons (Fsp3) is 0.619. The second-order valence-electron chi connectivity index (χ2n) is 7.74. The Kier molecular flexibility index (Phi) is 7.43. The summed E-state index contributed by atoms with van der Waals surface area (Å²) in [6, 6.07) is 6.09. The third kappa shape index (κ3) is 6.03. The van der Waals surface area contributed by atoms with Crippen LogP contribution in [0.4, 0.5) is 5.69 Å². The molecule has 1 atom stereocenters. The first-order chi connectivity index (χ1) is 13.6. The molecule has 6 nitrogen and oxygen atoms in total. The molecule has 1 saturated carbocycles. The van der Waals surface area contributed by atoms with Crippen molar-refractivity contribution in [3.05, 3.63) is 28.8 Å². The Morgan fingerprint density at radius 3 is 2.75 bits per heavy atom. The molecule has 3 N–H and O–H groups in total. The predicted octanol–water partition coefficient (Wildman–Crippen LogP) is 2.56. The molecule has 0 radical (unpaired) electrons. The van der Waals surface area contributed by atoms with Gasteiger partial charge < -0.3 is 20.9 Å². The molecule has 154 valence electrons. The maximum absolute atomic E-state index is 11.7. The smallest absolute Gasteiger partial charge is 0.223 e. The van der Waals surface area contributed by atoms with Crippen molar-refractivity contribution in [1.29, 1.82) is 0 Å². The molecular formula is C21H32ClN5O. The van der Waals surface area contributed by atoms with Crippen LogP contribution in [0.2, 0.25) is 5.02 Å². The van der Waals surface area contributed by atoms with E-state index in [-0.39, 0.29) is 11.8 Å². The van der Waals surface area contributed by atoms with Crippen LogP contribution >= 0.6 is 11.6 Å². The number of carbonyl (C=O) groups excluding carboxylic acids is 1. The van der Waals surface area contributed by atoms with E-state index in [4.69, 9.17) is 16.6 Å². The minimum atomic E-state index is 0.186. The van der Waals surface area contributed by atoms with E-state index in [9.17, 15) is 4.79 Å². The highest BCUT2D eigenvalue weighted by Gasteiger charge is 2.29. The summed E-state index contributed by atoms with van der Waals surface area (Å²) in [6.07, 6.45) is 3.21. The fourth-order valence-electron chi connectivity index (χ4n) is 3.54. The number of rotatable bonds is 8. The van der Waals surface area contributed by atoms with Crippen molar-refractivity contribution in [2.24, 2.45) is 16.8 Å². The van der Waals surface area contributed by atoms with Crippen LogP contribution in [0.3, 0.4) is 0 Å². The number of carbonyl (C=O) groups is 1.